The Morgan fingerprint density at radius 3 is 2.55 bits per heavy atom. The molecule has 0 spiro atoms. The summed E-state index contributed by atoms with van der Waals surface area (Å²) in [5, 5.41) is 10.1. The van der Waals surface area contributed by atoms with E-state index < -0.39 is 0 Å². The van der Waals surface area contributed by atoms with Crippen LogP contribution < -0.4 is 4.74 Å². The van der Waals surface area contributed by atoms with Crippen LogP contribution in [0, 0.1) is 11.3 Å². The van der Waals surface area contributed by atoms with Crippen LogP contribution in [0.4, 0.5) is 0 Å². The van der Waals surface area contributed by atoms with Crippen molar-refractivity contribution in [3.63, 3.8) is 0 Å². The minimum absolute atomic E-state index is 0.645. The van der Waals surface area contributed by atoms with Crippen LogP contribution in [0.25, 0.3) is 22.1 Å². The highest BCUT2D eigenvalue weighted by molar-refractivity contribution is 5.96. The van der Waals surface area contributed by atoms with E-state index in [9.17, 15) is 0 Å². The molecule has 0 bridgehead atoms. The van der Waals surface area contributed by atoms with E-state index >= 15 is 0 Å². The summed E-state index contributed by atoms with van der Waals surface area (Å²) in [6, 6.07) is 15.7. The molecule has 0 atom stereocenters. The Bertz CT molecular complexity index is 838. The van der Waals surface area contributed by atoms with Gasteiger partial charge in [-0.1, -0.05) is 19.1 Å². The topological polar surface area (TPSA) is 46.2 Å². The Morgan fingerprint density at radius 2 is 1.91 bits per heavy atom. The van der Waals surface area contributed by atoms with E-state index in [0.29, 0.717) is 5.56 Å². The SMILES string of the molecule is CCCc1oc2ccc(C#N)cc2c1-c1ccc(OC)cc1. The minimum Gasteiger partial charge on any atom is -0.497 e. The first-order valence-electron chi connectivity index (χ1n) is 7.36. The number of fused-ring (bicyclic) bond motifs is 1. The van der Waals surface area contributed by atoms with Gasteiger partial charge in [-0.15, -0.1) is 0 Å². The summed E-state index contributed by atoms with van der Waals surface area (Å²) in [4.78, 5) is 0. The molecule has 3 rings (SSSR count). The van der Waals surface area contributed by atoms with Crippen molar-refractivity contribution in [2.24, 2.45) is 0 Å². The number of hydrogen-bond donors (Lipinski definition) is 0. The number of nitriles is 1. The molecule has 3 aromatic rings. The molecule has 3 heteroatoms. The molecule has 1 aromatic heterocycles. The standard InChI is InChI=1S/C19H17NO2/c1-3-4-18-19(14-6-8-15(21-2)9-7-14)16-11-13(12-20)5-10-17(16)22-18/h5-11H,3-4H2,1-2H3. The fourth-order valence-electron chi connectivity index (χ4n) is 2.70. The summed E-state index contributed by atoms with van der Waals surface area (Å²) < 4.78 is 11.2. The van der Waals surface area contributed by atoms with Crippen molar-refractivity contribution in [1.82, 2.24) is 0 Å². The second kappa shape index (κ2) is 5.95. The Kier molecular flexibility index (Phi) is 3.84. The van der Waals surface area contributed by atoms with E-state index in [1.807, 2.05) is 36.4 Å². The smallest absolute Gasteiger partial charge is 0.135 e. The van der Waals surface area contributed by atoms with Gasteiger partial charge in [-0.05, 0) is 42.3 Å². The van der Waals surface area contributed by atoms with Gasteiger partial charge in [0.25, 0.3) is 0 Å². The highest BCUT2D eigenvalue weighted by Crippen LogP contribution is 2.36. The van der Waals surface area contributed by atoms with Gasteiger partial charge in [-0.25, -0.2) is 0 Å². The lowest BCUT2D eigenvalue weighted by Crippen LogP contribution is -1.86. The highest BCUT2D eigenvalue weighted by Gasteiger charge is 2.16. The zero-order valence-corrected chi connectivity index (χ0v) is 12.7. The number of nitrogens with zero attached hydrogens (tertiary/aromatic N) is 1. The second-order valence-electron chi connectivity index (χ2n) is 5.20. The zero-order chi connectivity index (χ0) is 15.5. The molecule has 0 aliphatic heterocycles. The average Bonchev–Trinajstić information content (AvgIpc) is 2.92. The van der Waals surface area contributed by atoms with Crippen LogP contribution in [0.15, 0.2) is 46.9 Å². The lowest BCUT2D eigenvalue weighted by atomic mass is 9.99. The summed E-state index contributed by atoms with van der Waals surface area (Å²) in [5.74, 6) is 1.80. The van der Waals surface area contributed by atoms with Crippen LogP contribution in [-0.2, 0) is 6.42 Å². The molecule has 0 N–H and O–H groups in total. The minimum atomic E-state index is 0.645. The van der Waals surface area contributed by atoms with E-state index in [1.165, 1.54) is 0 Å². The van der Waals surface area contributed by atoms with Crippen LogP contribution in [0.1, 0.15) is 24.7 Å². The van der Waals surface area contributed by atoms with Crippen molar-refractivity contribution < 1.29 is 9.15 Å². The molecule has 0 saturated heterocycles. The Balaban J connectivity index is 2.23. The van der Waals surface area contributed by atoms with E-state index in [-0.39, 0.29) is 0 Å². The third-order valence-corrected chi connectivity index (χ3v) is 3.75. The number of furan rings is 1. The molecule has 0 fully saturated rings. The van der Waals surface area contributed by atoms with Crippen molar-refractivity contribution in [2.45, 2.75) is 19.8 Å². The molecule has 0 radical (unpaired) electrons. The molecule has 3 nitrogen and oxygen atoms in total. The van der Waals surface area contributed by atoms with Crippen LogP contribution in [0.5, 0.6) is 5.75 Å². The molecular weight excluding hydrogens is 274 g/mol. The molecule has 110 valence electrons. The van der Waals surface area contributed by atoms with Gasteiger partial charge in [0.2, 0.25) is 0 Å². The quantitative estimate of drug-likeness (QED) is 0.684. The predicted octanol–water partition coefficient (Wildman–Crippen LogP) is 4.93. The summed E-state index contributed by atoms with van der Waals surface area (Å²) in [7, 11) is 1.66. The van der Waals surface area contributed by atoms with Gasteiger partial charge in [0, 0.05) is 17.4 Å². The number of aryl methyl sites for hydroxylation is 1. The largest absolute Gasteiger partial charge is 0.497 e. The van der Waals surface area contributed by atoms with Gasteiger partial charge >= 0.3 is 0 Å². The molecule has 1 heterocycles. The van der Waals surface area contributed by atoms with Crippen molar-refractivity contribution in [1.29, 1.82) is 5.26 Å². The first kappa shape index (κ1) is 14.2. The predicted molar refractivity (Wildman–Crippen MR) is 86.9 cm³/mol. The van der Waals surface area contributed by atoms with Crippen molar-refractivity contribution in [3.05, 3.63) is 53.8 Å². The molecule has 2 aromatic carbocycles. The number of hydrogen-bond acceptors (Lipinski definition) is 3. The van der Waals surface area contributed by atoms with Gasteiger partial charge in [-0.3, -0.25) is 0 Å². The van der Waals surface area contributed by atoms with Crippen LogP contribution >= 0.6 is 0 Å². The molecule has 22 heavy (non-hydrogen) atoms. The third-order valence-electron chi connectivity index (χ3n) is 3.75. The van der Waals surface area contributed by atoms with Crippen LogP contribution in [-0.4, -0.2) is 7.11 Å². The highest BCUT2D eigenvalue weighted by atomic mass is 16.5. The van der Waals surface area contributed by atoms with Gasteiger partial charge in [0.1, 0.15) is 17.1 Å². The van der Waals surface area contributed by atoms with E-state index in [1.54, 1.807) is 13.2 Å². The van der Waals surface area contributed by atoms with Gasteiger partial charge < -0.3 is 9.15 Å². The van der Waals surface area contributed by atoms with Crippen molar-refractivity contribution in [2.75, 3.05) is 7.11 Å². The van der Waals surface area contributed by atoms with Crippen LogP contribution in [0.2, 0.25) is 0 Å². The Hall–Kier alpha value is -2.73. The van der Waals surface area contributed by atoms with Gasteiger partial charge in [-0.2, -0.15) is 5.26 Å². The summed E-state index contributed by atoms with van der Waals surface area (Å²) in [6.45, 7) is 2.13. The Morgan fingerprint density at radius 1 is 1.14 bits per heavy atom. The maximum atomic E-state index is 9.14. The maximum Gasteiger partial charge on any atom is 0.135 e. The number of benzene rings is 2. The first-order chi connectivity index (χ1) is 10.8. The van der Waals surface area contributed by atoms with Crippen molar-refractivity contribution in [3.8, 4) is 22.9 Å². The summed E-state index contributed by atoms with van der Waals surface area (Å²) in [5.41, 5.74) is 3.63. The van der Waals surface area contributed by atoms with Crippen molar-refractivity contribution >= 4 is 11.0 Å². The van der Waals surface area contributed by atoms with Gasteiger partial charge in [0.05, 0.1) is 18.7 Å². The molecule has 0 amide bonds. The lowest BCUT2D eigenvalue weighted by molar-refractivity contribution is 0.415. The average molecular weight is 291 g/mol. The lowest BCUT2D eigenvalue weighted by Gasteiger charge is -2.05. The van der Waals surface area contributed by atoms with Crippen LogP contribution in [0.3, 0.4) is 0 Å². The zero-order valence-electron chi connectivity index (χ0n) is 12.7. The monoisotopic (exact) mass is 291 g/mol. The summed E-state index contributed by atoms with van der Waals surface area (Å²) in [6.07, 6.45) is 1.88. The molecule has 0 saturated carbocycles. The fraction of sp³-hybridized carbons (Fsp3) is 0.211. The molecule has 0 unspecified atom stereocenters. The number of ether oxygens (including phenoxy) is 1. The molecule has 0 aliphatic carbocycles. The van der Waals surface area contributed by atoms with E-state index in [2.05, 4.69) is 13.0 Å². The fourth-order valence-corrected chi connectivity index (χ4v) is 2.70. The second-order valence-corrected chi connectivity index (χ2v) is 5.20. The van der Waals surface area contributed by atoms with Gasteiger partial charge in [0.15, 0.2) is 0 Å². The Labute approximate surface area is 129 Å². The number of methoxy groups -OCH3 is 1. The number of rotatable bonds is 4. The van der Waals surface area contributed by atoms with E-state index in [0.717, 1.165) is 46.4 Å². The first-order valence-corrected chi connectivity index (χ1v) is 7.36. The summed E-state index contributed by atoms with van der Waals surface area (Å²) >= 11 is 0. The van der Waals surface area contributed by atoms with E-state index in [4.69, 9.17) is 14.4 Å². The maximum absolute atomic E-state index is 9.14. The normalized spacial score (nSPS) is 10.6. The molecular formula is C19H17NO2. The molecule has 0 aliphatic rings. The third kappa shape index (κ3) is 2.44.